The predicted molar refractivity (Wildman–Crippen MR) is 103 cm³/mol. The molecule has 136 valence electrons. The third-order valence-corrected chi connectivity index (χ3v) is 4.31. The number of allylic oxidation sites excluding steroid dienone is 1. The zero-order chi connectivity index (χ0) is 18.1. The maximum atomic E-state index is 10.3. The molecule has 6 heteroatoms. The van der Waals surface area contributed by atoms with Gasteiger partial charge in [0, 0.05) is 18.2 Å². The Bertz CT molecular complexity index is 696. The van der Waals surface area contributed by atoms with E-state index in [1.165, 1.54) is 0 Å². The molecule has 0 spiro atoms. The lowest BCUT2D eigenvalue weighted by molar-refractivity contribution is 0.0275. The van der Waals surface area contributed by atoms with Crippen LogP contribution in [-0.4, -0.2) is 39.2 Å². The van der Waals surface area contributed by atoms with E-state index in [9.17, 15) is 5.11 Å². The topological polar surface area (TPSA) is 63.1 Å². The predicted octanol–water partition coefficient (Wildman–Crippen LogP) is 4.16. The van der Waals surface area contributed by atoms with Crippen molar-refractivity contribution in [1.82, 2.24) is 14.8 Å². The van der Waals surface area contributed by atoms with E-state index in [2.05, 4.69) is 23.7 Å². The standard InChI is InChI=1S/C19H27N3O2S/c1-3-5-12-24-14-17(23)13-15(9-4-2)18-20-21-19(25)22(18)16-10-7-6-8-11-16/h4,6-8,10-11,15,17,23H,2-3,5,9,12-14H2,1H3,(H,21,25). The number of aromatic nitrogens is 3. The molecule has 2 unspecified atom stereocenters. The van der Waals surface area contributed by atoms with Gasteiger partial charge in [-0.3, -0.25) is 9.67 Å². The SMILES string of the molecule is C=CCC(CC(O)COCCCC)c1n[nH]c(=S)n1-c1ccccc1. The summed E-state index contributed by atoms with van der Waals surface area (Å²) in [6.45, 7) is 6.98. The Balaban J connectivity index is 2.15. The van der Waals surface area contributed by atoms with Crippen LogP contribution in [0.15, 0.2) is 43.0 Å². The number of rotatable bonds is 11. The quantitative estimate of drug-likeness (QED) is 0.358. The number of nitrogens with zero attached hydrogens (tertiary/aromatic N) is 2. The lowest BCUT2D eigenvalue weighted by Crippen LogP contribution is -2.21. The molecule has 5 nitrogen and oxygen atoms in total. The molecule has 0 aliphatic carbocycles. The number of aliphatic hydroxyl groups excluding tert-OH is 1. The van der Waals surface area contributed by atoms with Crippen LogP contribution in [0.25, 0.3) is 5.69 Å². The van der Waals surface area contributed by atoms with Crippen LogP contribution in [0.5, 0.6) is 0 Å². The first kappa shape index (κ1) is 19.6. The van der Waals surface area contributed by atoms with Gasteiger partial charge in [-0.2, -0.15) is 5.10 Å². The Morgan fingerprint density at radius 3 is 2.84 bits per heavy atom. The molecule has 1 heterocycles. The number of benzene rings is 1. The summed E-state index contributed by atoms with van der Waals surface area (Å²) in [6.07, 6.45) is 4.65. The first-order chi connectivity index (χ1) is 12.2. The number of hydrogen-bond donors (Lipinski definition) is 2. The van der Waals surface area contributed by atoms with E-state index >= 15 is 0 Å². The molecule has 2 rings (SSSR count). The van der Waals surface area contributed by atoms with E-state index in [0.29, 0.717) is 30.8 Å². The van der Waals surface area contributed by atoms with E-state index in [0.717, 1.165) is 24.4 Å². The van der Waals surface area contributed by atoms with Gasteiger partial charge >= 0.3 is 0 Å². The van der Waals surface area contributed by atoms with Gasteiger partial charge in [0.05, 0.1) is 12.7 Å². The first-order valence-corrected chi connectivity index (χ1v) is 9.17. The summed E-state index contributed by atoms with van der Waals surface area (Å²) in [4.78, 5) is 0. The lowest BCUT2D eigenvalue weighted by Gasteiger charge is -2.19. The lowest BCUT2D eigenvalue weighted by atomic mass is 9.97. The molecule has 0 aliphatic heterocycles. The highest BCUT2D eigenvalue weighted by Gasteiger charge is 2.22. The Hall–Kier alpha value is -1.76. The first-order valence-electron chi connectivity index (χ1n) is 8.76. The number of nitrogens with one attached hydrogen (secondary N) is 1. The van der Waals surface area contributed by atoms with Crippen molar-refractivity contribution in [3.8, 4) is 5.69 Å². The molecule has 0 bridgehead atoms. The third-order valence-electron chi connectivity index (χ3n) is 4.04. The summed E-state index contributed by atoms with van der Waals surface area (Å²) >= 11 is 5.40. The van der Waals surface area contributed by atoms with Crippen molar-refractivity contribution < 1.29 is 9.84 Å². The number of ether oxygens (including phenoxy) is 1. The summed E-state index contributed by atoms with van der Waals surface area (Å²) in [5.41, 5.74) is 0.957. The van der Waals surface area contributed by atoms with Gasteiger partial charge in [-0.25, -0.2) is 0 Å². The fourth-order valence-corrected chi connectivity index (χ4v) is 3.02. The number of hydrogen-bond acceptors (Lipinski definition) is 4. The number of para-hydroxylation sites is 1. The minimum atomic E-state index is -0.545. The molecule has 1 aromatic carbocycles. The monoisotopic (exact) mass is 361 g/mol. The molecule has 0 aliphatic rings. The molecule has 0 fully saturated rings. The minimum Gasteiger partial charge on any atom is -0.391 e. The normalized spacial score (nSPS) is 13.5. The molecule has 0 amide bonds. The second kappa shape index (κ2) is 10.3. The smallest absolute Gasteiger partial charge is 0.199 e. The van der Waals surface area contributed by atoms with Crippen LogP contribution in [0, 0.1) is 4.77 Å². The fourth-order valence-electron chi connectivity index (χ4n) is 2.78. The van der Waals surface area contributed by atoms with Crippen LogP contribution in [-0.2, 0) is 4.74 Å². The van der Waals surface area contributed by atoms with Crippen LogP contribution < -0.4 is 0 Å². The number of aromatic amines is 1. The number of unbranched alkanes of at least 4 members (excludes halogenated alkanes) is 1. The molecule has 2 N–H and O–H groups in total. The van der Waals surface area contributed by atoms with Gasteiger partial charge in [0.25, 0.3) is 0 Å². The highest BCUT2D eigenvalue weighted by Crippen LogP contribution is 2.26. The van der Waals surface area contributed by atoms with Gasteiger partial charge in [-0.15, -0.1) is 6.58 Å². The van der Waals surface area contributed by atoms with Crippen LogP contribution in [0.2, 0.25) is 0 Å². The summed E-state index contributed by atoms with van der Waals surface area (Å²) in [6, 6.07) is 9.87. The van der Waals surface area contributed by atoms with Crippen molar-refractivity contribution in [1.29, 1.82) is 0 Å². The molecule has 0 saturated carbocycles. The van der Waals surface area contributed by atoms with Crippen molar-refractivity contribution in [2.24, 2.45) is 0 Å². The Kier molecular flexibility index (Phi) is 8.04. The van der Waals surface area contributed by atoms with Gasteiger partial charge in [-0.1, -0.05) is 37.6 Å². The van der Waals surface area contributed by atoms with Gasteiger partial charge < -0.3 is 9.84 Å². The van der Waals surface area contributed by atoms with E-state index in [4.69, 9.17) is 17.0 Å². The van der Waals surface area contributed by atoms with Crippen molar-refractivity contribution in [3.05, 3.63) is 53.6 Å². The highest BCUT2D eigenvalue weighted by molar-refractivity contribution is 7.71. The van der Waals surface area contributed by atoms with E-state index in [-0.39, 0.29) is 5.92 Å². The van der Waals surface area contributed by atoms with Gasteiger partial charge in [-0.05, 0) is 43.6 Å². The molecular formula is C19H27N3O2S. The van der Waals surface area contributed by atoms with E-state index in [1.807, 2.05) is 41.0 Å². The van der Waals surface area contributed by atoms with Crippen molar-refractivity contribution >= 4 is 12.2 Å². The molecule has 25 heavy (non-hydrogen) atoms. The zero-order valence-corrected chi connectivity index (χ0v) is 15.5. The van der Waals surface area contributed by atoms with Crippen molar-refractivity contribution in [2.45, 2.75) is 44.6 Å². The average Bonchev–Trinajstić information content (AvgIpc) is 3.00. The molecule has 1 aromatic heterocycles. The molecule has 2 atom stereocenters. The second-order valence-electron chi connectivity index (χ2n) is 6.10. The van der Waals surface area contributed by atoms with Gasteiger partial charge in [0.1, 0.15) is 5.82 Å². The Morgan fingerprint density at radius 2 is 2.16 bits per heavy atom. The van der Waals surface area contributed by atoms with Crippen LogP contribution in [0.3, 0.4) is 0 Å². The zero-order valence-electron chi connectivity index (χ0n) is 14.7. The van der Waals surface area contributed by atoms with Gasteiger partial charge in [0.15, 0.2) is 4.77 Å². The minimum absolute atomic E-state index is 0.00966. The Morgan fingerprint density at radius 1 is 1.40 bits per heavy atom. The highest BCUT2D eigenvalue weighted by atomic mass is 32.1. The third kappa shape index (κ3) is 5.63. The summed E-state index contributed by atoms with van der Waals surface area (Å²) in [5.74, 6) is 0.819. The van der Waals surface area contributed by atoms with Crippen LogP contribution >= 0.6 is 12.2 Å². The van der Waals surface area contributed by atoms with Crippen molar-refractivity contribution in [3.63, 3.8) is 0 Å². The van der Waals surface area contributed by atoms with Crippen LogP contribution in [0.1, 0.15) is 44.3 Å². The fraction of sp³-hybridized carbons (Fsp3) is 0.474. The summed E-state index contributed by atoms with van der Waals surface area (Å²) in [5, 5.41) is 17.6. The molecule has 0 radical (unpaired) electrons. The van der Waals surface area contributed by atoms with E-state index < -0.39 is 6.10 Å². The van der Waals surface area contributed by atoms with Gasteiger partial charge in [0.2, 0.25) is 0 Å². The molecule has 2 aromatic rings. The average molecular weight is 362 g/mol. The van der Waals surface area contributed by atoms with Crippen molar-refractivity contribution in [2.75, 3.05) is 13.2 Å². The summed E-state index contributed by atoms with van der Waals surface area (Å²) < 4.78 is 8.01. The maximum Gasteiger partial charge on any atom is 0.199 e. The Labute approximate surface area is 154 Å². The van der Waals surface area contributed by atoms with Crippen LogP contribution in [0.4, 0.5) is 0 Å². The van der Waals surface area contributed by atoms with E-state index in [1.54, 1.807) is 0 Å². The largest absolute Gasteiger partial charge is 0.391 e. The maximum absolute atomic E-state index is 10.3. The molecule has 0 saturated heterocycles. The number of H-pyrrole nitrogens is 1. The second-order valence-corrected chi connectivity index (χ2v) is 6.48. The molecular weight excluding hydrogens is 334 g/mol. The summed E-state index contributed by atoms with van der Waals surface area (Å²) in [7, 11) is 0. The number of aliphatic hydroxyl groups is 1.